The fraction of sp³-hybridized carbons (Fsp3) is 0.364. The highest BCUT2D eigenvalue weighted by molar-refractivity contribution is 7.20. The highest BCUT2D eigenvalue weighted by Crippen LogP contribution is 2.36. The normalized spacial score (nSPS) is 12.9. The first-order valence-corrected chi connectivity index (χ1v) is 7.06. The smallest absolute Gasteiger partial charge is 0.0992 e. The molecule has 1 atom stereocenters. The highest BCUT2D eigenvalue weighted by atomic mass is 35.5. The molecule has 7 heteroatoms. The van der Waals surface area contributed by atoms with E-state index in [1.807, 2.05) is 23.9 Å². The molecule has 0 saturated heterocycles. The van der Waals surface area contributed by atoms with E-state index in [4.69, 9.17) is 29.0 Å². The van der Waals surface area contributed by atoms with Crippen LogP contribution in [0.5, 0.6) is 0 Å². The maximum absolute atomic E-state index is 6.13. The number of nitrogens with two attached hydrogens (primary N) is 1. The number of thiophene rings is 1. The summed E-state index contributed by atoms with van der Waals surface area (Å²) in [5, 5.41) is 4.13. The fourth-order valence-corrected chi connectivity index (χ4v) is 3.44. The molecule has 0 aliphatic heterocycles. The molecule has 0 spiro atoms. The Morgan fingerprint density at radius 3 is 2.83 bits per heavy atom. The van der Waals surface area contributed by atoms with E-state index in [0.717, 1.165) is 24.1 Å². The molecular weight excluding hydrogens is 291 g/mol. The summed E-state index contributed by atoms with van der Waals surface area (Å²) in [6.07, 6.45) is 3.49. The van der Waals surface area contributed by atoms with E-state index in [1.165, 1.54) is 11.3 Å². The lowest BCUT2D eigenvalue weighted by Crippen LogP contribution is -2.28. The Bertz CT molecular complexity index is 523. The average molecular weight is 305 g/mol. The van der Waals surface area contributed by atoms with Gasteiger partial charge in [-0.15, -0.1) is 11.3 Å². The van der Waals surface area contributed by atoms with E-state index < -0.39 is 0 Å². The van der Waals surface area contributed by atoms with Gasteiger partial charge in [-0.2, -0.15) is 5.10 Å². The molecule has 2 heterocycles. The van der Waals surface area contributed by atoms with Crippen LogP contribution in [-0.4, -0.2) is 9.78 Å². The first kappa shape index (κ1) is 13.8. The second-order valence-electron chi connectivity index (χ2n) is 3.98. The number of rotatable bonds is 5. The number of nitrogens with one attached hydrogen (secondary N) is 1. The zero-order chi connectivity index (χ0) is 13.1. The Balaban J connectivity index is 2.06. The Morgan fingerprint density at radius 1 is 1.56 bits per heavy atom. The third kappa shape index (κ3) is 3.05. The van der Waals surface area contributed by atoms with Crippen molar-refractivity contribution < 1.29 is 0 Å². The third-order valence-electron chi connectivity index (χ3n) is 2.87. The van der Waals surface area contributed by atoms with Gasteiger partial charge in [-0.25, -0.2) is 0 Å². The van der Waals surface area contributed by atoms with Gasteiger partial charge in [-0.3, -0.25) is 16.0 Å². The molecule has 18 heavy (non-hydrogen) atoms. The molecule has 98 valence electrons. The number of aromatic nitrogens is 2. The van der Waals surface area contributed by atoms with Gasteiger partial charge in [-0.05, 0) is 25.0 Å². The monoisotopic (exact) mass is 304 g/mol. The van der Waals surface area contributed by atoms with Crippen molar-refractivity contribution in [1.82, 2.24) is 15.2 Å². The fourth-order valence-electron chi connectivity index (χ4n) is 1.86. The van der Waals surface area contributed by atoms with Crippen LogP contribution in [0.25, 0.3) is 0 Å². The third-order valence-corrected chi connectivity index (χ3v) is 4.39. The molecule has 1 unspecified atom stereocenters. The van der Waals surface area contributed by atoms with Gasteiger partial charge < -0.3 is 0 Å². The lowest BCUT2D eigenvalue weighted by Gasteiger charge is -2.15. The second kappa shape index (κ2) is 6.04. The molecule has 4 nitrogen and oxygen atoms in total. The van der Waals surface area contributed by atoms with Crippen molar-refractivity contribution in [3.8, 4) is 0 Å². The number of hydrogen-bond acceptors (Lipinski definition) is 4. The van der Waals surface area contributed by atoms with Crippen LogP contribution in [0.3, 0.4) is 0 Å². The van der Waals surface area contributed by atoms with Crippen LogP contribution in [-0.2, 0) is 13.5 Å². The van der Waals surface area contributed by atoms with Crippen molar-refractivity contribution in [3.63, 3.8) is 0 Å². The van der Waals surface area contributed by atoms with Gasteiger partial charge in [0, 0.05) is 30.5 Å². The number of hydrogen-bond donors (Lipinski definition) is 2. The Labute approximate surface area is 120 Å². The summed E-state index contributed by atoms with van der Waals surface area (Å²) in [5.41, 5.74) is 4.90. The number of nitrogens with zero attached hydrogens (tertiary/aromatic N) is 2. The van der Waals surface area contributed by atoms with E-state index in [1.54, 1.807) is 6.20 Å². The average Bonchev–Trinajstić information content (AvgIpc) is 2.87. The van der Waals surface area contributed by atoms with Crippen LogP contribution in [0.1, 0.15) is 23.7 Å². The molecule has 0 aliphatic carbocycles. The molecule has 0 radical (unpaired) electrons. The minimum absolute atomic E-state index is 0.00356. The topological polar surface area (TPSA) is 55.9 Å². The predicted octanol–water partition coefficient (Wildman–Crippen LogP) is 2.93. The van der Waals surface area contributed by atoms with Gasteiger partial charge in [0.2, 0.25) is 0 Å². The Kier molecular flexibility index (Phi) is 4.64. The van der Waals surface area contributed by atoms with Gasteiger partial charge in [-0.1, -0.05) is 23.2 Å². The molecule has 3 N–H and O–H groups in total. The maximum atomic E-state index is 6.13. The van der Waals surface area contributed by atoms with E-state index in [2.05, 4.69) is 10.5 Å². The summed E-state index contributed by atoms with van der Waals surface area (Å²) in [7, 11) is 1.93. The quantitative estimate of drug-likeness (QED) is 0.659. The van der Waals surface area contributed by atoms with Crippen molar-refractivity contribution in [3.05, 3.63) is 38.3 Å². The Hall–Kier alpha value is -0.590. The molecule has 0 bridgehead atoms. The zero-order valence-electron chi connectivity index (χ0n) is 9.86. The van der Waals surface area contributed by atoms with Crippen molar-refractivity contribution in [1.29, 1.82) is 0 Å². The number of hydrazine groups is 1. The van der Waals surface area contributed by atoms with Gasteiger partial charge >= 0.3 is 0 Å². The van der Waals surface area contributed by atoms with Gasteiger partial charge in [0.05, 0.1) is 8.67 Å². The summed E-state index contributed by atoms with van der Waals surface area (Å²) < 4.78 is 3.22. The van der Waals surface area contributed by atoms with Gasteiger partial charge in [0.15, 0.2) is 0 Å². The molecule has 2 aromatic rings. The van der Waals surface area contributed by atoms with Crippen LogP contribution < -0.4 is 11.3 Å². The molecule has 2 aromatic heterocycles. The summed E-state index contributed by atoms with van der Waals surface area (Å²) in [6, 6.07) is 3.86. The first-order chi connectivity index (χ1) is 8.61. The molecule has 2 rings (SSSR count). The highest BCUT2D eigenvalue weighted by Gasteiger charge is 2.16. The number of aryl methyl sites for hydroxylation is 2. The standard InChI is InChI=1S/C11H14Cl2N4S/c1-17-7(4-5-15-17)2-3-9(16-14)8-6-10(12)18-11(8)13/h4-6,9,16H,2-3,14H2,1H3. The minimum atomic E-state index is -0.00356. The second-order valence-corrected chi connectivity index (χ2v) is 6.27. The summed E-state index contributed by atoms with van der Waals surface area (Å²) in [5.74, 6) is 5.59. The predicted molar refractivity (Wildman–Crippen MR) is 75.9 cm³/mol. The van der Waals surface area contributed by atoms with Crippen LogP contribution in [0, 0.1) is 0 Å². The van der Waals surface area contributed by atoms with Crippen molar-refractivity contribution in [2.45, 2.75) is 18.9 Å². The Morgan fingerprint density at radius 2 is 2.33 bits per heavy atom. The largest absolute Gasteiger partial charge is 0.273 e. The lowest BCUT2D eigenvalue weighted by molar-refractivity contribution is 0.508. The SMILES string of the molecule is Cn1nccc1CCC(NN)c1cc(Cl)sc1Cl. The molecule has 0 aromatic carbocycles. The van der Waals surface area contributed by atoms with Crippen LogP contribution >= 0.6 is 34.5 Å². The van der Waals surface area contributed by atoms with Crippen LogP contribution in [0.15, 0.2) is 18.3 Å². The van der Waals surface area contributed by atoms with Crippen LogP contribution in [0.4, 0.5) is 0 Å². The van der Waals surface area contributed by atoms with Gasteiger partial charge in [0.25, 0.3) is 0 Å². The molecule has 0 aliphatic rings. The summed E-state index contributed by atoms with van der Waals surface area (Å²) in [4.78, 5) is 0. The molecule has 0 amide bonds. The van der Waals surface area contributed by atoms with Gasteiger partial charge in [0.1, 0.15) is 0 Å². The van der Waals surface area contributed by atoms with E-state index >= 15 is 0 Å². The van der Waals surface area contributed by atoms with Crippen molar-refractivity contribution in [2.24, 2.45) is 12.9 Å². The molecule has 0 fully saturated rings. The number of halogens is 2. The van der Waals surface area contributed by atoms with E-state index in [-0.39, 0.29) is 6.04 Å². The maximum Gasteiger partial charge on any atom is 0.0992 e. The molecule has 0 saturated carbocycles. The molecular formula is C11H14Cl2N4S. The van der Waals surface area contributed by atoms with E-state index in [0.29, 0.717) is 8.67 Å². The van der Waals surface area contributed by atoms with Crippen LogP contribution in [0.2, 0.25) is 8.67 Å². The van der Waals surface area contributed by atoms with E-state index in [9.17, 15) is 0 Å². The summed E-state index contributed by atoms with van der Waals surface area (Å²) in [6.45, 7) is 0. The minimum Gasteiger partial charge on any atom is -0.273 e. The zero-order valence-corrected chi connectivity index (χ0v) is 12.2. The van der Waals surface area contributed by atoms with Crippen molar-refractivity contribution in [2.75, 3.05) is 0 Å². The first-order valence-electron chi connectivity index (χ1n) is 5.49. The van der Waals surface area contributed by atoms with Crippen molar-refractivity contribution >= 4 is 34.5 Å². The summed E-state index contributed by atoms with van der Waals surface area (Å²) >= 11 is 13.4. The lowest BCUT2D eigenvalue weighted by atomic mass is 10.0.